The average Bonchev–Trinajstić information content (AvgIpc) is 2.97. The number of fused-ring (bicyclic) bond motifs is 1. The molecule has 4 rings (SSSR count). The van der Waals surface area contributed by atoms with Crippen LogP contribution in [0.3, 0.4) is 0 Å². The van der Waals surface area contributed by atoms with Gasteiger partial charge in [-0.1, -0.05) is 35.3 Å². The van der Waals surface area contributed by atoms with Gasteiger partial charge in [-0.05, 0) is 47.5 Å². The molecule has 0 aliphatic heterocycles. The second-order valence-electron chi connectivity index (χ2n) is 7.06. The third kappa shape index (κ3) is 4.47. The monoisotopic (exact) mass is 458 g/mol. The number of amides is 1. The standard InChI is InChI=1S/C22H17Cl2FN4O2/c1-28-19-8-15(14-6-16(23)9-17(24)7-14)11-27-21(19)29(22(28)31)12-20(30)26-10-13-2-4-18(25)5-3-13/h2-9,11H,10,12H2,1H3,(H,26,30). The Kier molecular flexibility index (Phi) is 5.80. The Morgan fingerprint density at radius 1 is 1.06 bits per heavy atom. The SMILES string of the molecule is Cn1c(=O)n(CC(=O)NCc2ccc(F)cc2)c2ncc(-c3cc(Cl)cc(Cl)c3)cc21. The van der Waals surface area contributed by atoms with Crippen molar-refractivity contribution in [2.75, 3.05) is 0 Å². The minimum Gasteiger partial charge on any atom is -0.350 e. The number of nitrogens with zero attached hydrogens (tertiary/aromatic N) is 3. The summed E-state index contributed by atoms with van der Waals surface area (Å²) >= 11 is 12.2. The highest BCUT2D eigenvalue weighted by Gasteiger charge is 2.16. The number of hydrogen-bond donors (Lipinski definition) is 1. The fourth-order valence-corrected chi connectivity index (χ4v) is 3.82. The number of aryl methyl sites for hydroxylation is 1. The van der Waals surface area contributed by atoms with Gasteiger partial charge in [0.15, 0.2) is 5.65 Å². The molecule has 1 amide bonds. The molecule has 1 N–H and O–H groups in total. The highest BCUT2D eigenvalue weighted by Crippen LogP contribution is 2.28. The Morgan fingerprint density at radius 2 is 1.74 bits per heavy atom. The Bertz CT molecular complexity index is 1330. The molecular formula is C22H17Cl2FN4O2. The molecule has 2 aromatic carbocycles. The molecule has 0 fully saturated rings. The molecule has 0 saturated carbocycles. The first-order valence-corrected chi connectivity index (χ1v) is 10.1. The molecule has 0 spiro atoms. The van der Waals surface area contributed by atoms with Gasteiger partial charge in [0, 0.05) is 35.4 Å². The third-order valence-electron chi connectivity index (χ3n) is 4.88. The fourth-order valence-electron chi connectivity index (χ4n) is 3.30. The number of aromatic nitrogens is 3. The van der Waals surface area contributed by atoms with Gasteiger partial charge < -0.3 is 5.32 Å². The lowest BCUT2D eigenvalue weighted by atomic mass is 10.1. The molecule has 6 nitrogen and oxygen atoms in total. The summed E-state index contributed by atoms with van der Waals surface area (Å²) in [6.45, 7) is 0.0401. The van der Waals surface area contributed by atoms with E-state index in [1.807, 2.05) is 0 Å². The summed E-state index contributed by atoms with van der Waals surface area (Å²) in [5.41, 5.74) is 2.87. The lowest BCUT2D eigenvalue weighted by Crippen LogP contribution is -2.32. The number of nitrogens with one attached hydrogen (secondary N) is 1. The van der Waals surface area contributed by atoms with Gasteiger partial charge in [-0.25, -0.2) is 14.2 Å². The molecule has 2 aromatic heterocycles. The maximum Gasteiger partial charge on any atom is 0.330 e. The average molecular weight is 459 g/mol. The number of benzene rings is 2. The zero-order chi connectivity index (χ0) is 22.1. The predicted octanol–water partition coefficient (Wildman–Crippen LogP) is 4.16. The minimum atomic E-state index is -0.360. The number of imidazole rings is 1. The summed E-state index contributed by atoms with van der Waals surface area (Å²) in [6, 6.07) is 12.8. The zero-order valence-corrected chi connectivity index (χ0v) is 17.9. The van der Waals surface area contributed by atoms with Crippen molar-refractivity contribution in [3.8, 4) is 11.1 Å². The van der Waals surface area contributed by atoms with Gasteiger partial charge in [-0.3, -0.25) is 13.9 Å². The van der Waals surface area contributed by atoms with E-state index in [1.54, 1.807) is 49.6 Å². The van der Waals surface area contributed by atoms with Crippen LogP contribution in [0.5, 0.6) is 0 Å². The van der Waals surface area contributed by atoms with Crippen molar-refractivity contribution < 1.29 is 9.18 Å². The Labute approximate surface area is 186 Å². The highest BCUT2D eigenvalue weighted by molar-refractivity contribution is 6.35. The summed E-state index contributed by atoms with van der Waals surface area (Å²) in [7, 11) is 1.62. The van der Waals surface area contributed by atoms with Gasteiger partial charge in [0.25, 0.3) is 0 Å². The van der Waals surface area contributed by atoms with E-state index < -0.39 is 0 Å². The molecule has 0 bridgehead atoms. The number of rotatable bonds is 5. The normalized spacial score (nSPS) is 11.1. The van der Waals surface area contributed by atoms with E-state index in [0.29, 0.717) is 21.2 Å². The number of carbonyl (C=O) groups is 1. The van der Waals surface area contributed by atoms with Gasteiger partial charge in [-0.2, -0.15) is 0 Å². The lowest BCUT2D eigenvalue weighted by Gasteiger charge is -2.07. The summed E-state index contributed by atoms with van der Waals surface area (Å²) in [6.07, 6.45) is 1.61. The van der Waals surface area contributed by atoms with Crippen molar-refractivity contribution in [3.05, 3.63) is 86.6 Å². The summed E-state index contributed by atoms with van der Waals surface area (Å²) in [4.78, 5) is 29.5. The van der Waals surface area contributed by atoms with Crippen LogP contribution in [0.4, 0.5) is 4.39 Å². The van der Waals surface area contributed by atoms with Crippen LogP contribution in [-0.4, -0.2) is 20.0 Å². The van der Waals surface area contributed by atoms with Gasteiger partial charge >= 0.3 is 5.69 Å². The van der Waals surface area contributed by atoms with Crippen molar-refractivity contribution in [2.45, 2.75) is 13.1 Å². The highest BCUT2D eigenvalue weighted by atomic mass is 35.5. The smallest absolute Gasteiger partial charge is 0.330 e. The maximum absolute atomic E-state index is 13.0. The summed E-state index contributed by atoms with van der Waals surface area (Å²) in [5, 5.41) is 3.72. The quantitative estimate of drug-likeness (QED) is 0.487. The Morgan fingerprint density at radius 3 is 2.42 bits per heavy atom. The van der Waals surface area contributed by atoms with E-state index in [2.05, 4.69) is 10.3 Å². The van der Waals surface area contributed by atoms with E-state index in [9.17, 15) is 14.0 Å². The molecule has 4 aromatic rings. The molecule has 0 radical (unpaired) electrons. The van der Waals surface area contributed by atoms with Crippen LogP contribution in [0.25, 0.3) is 22.3 Å². The molecule has 0 saturated heterocycles. The number of pyridine rings is 1. The van der Waals surface area contributed by atoms with Crippen LogP contribution in [-0.2, 0) is 24.9 Å². The van der Waals surface area contributed by atoms with Crippen LogP contribution >= 0.6 is 23.2 Å². The van der Waals surface area contributed by atoms with Gasteiger partial charge in [-0.15, -0.1) is 0 Å². The molecule has 158 valence electrons. The Balaban J connectivity index is 1.59. The Hall–Kier alpha value is -3.16. The van der Waals surface area contributed by atoms with Crippen molar-refractivity contribution in [1.29, 1.82) is 0 Å². The van der Waals surface area contributed by atoms with Crippen LogP contribution in [0, 0.1) is 5.82 Å². The van der Waals surface area contributed by atoms with E-state index in [4.69, 9.17) is 23.2 Å². The molecule has 9 heteroatoms. The largest absolute Gasteiger partial charge is 0.350 e. The minimum absolute atomic E-state index is 0.188. The van der Waals surface area contributed by atoms with E-state index >= 15 is 0 Å². The molecule has 0 aliphatic rings. The molecular weight excluding hydrogens is 442 g/mol. The molecule has 0 unspecified atom stereocenters. The zero-order valence-electron chi connectivity index (χ0n) is 16.4. The third-order valence-corrected chi connectivity index (χ3v) is 5.32. The first-order chi connectivity index (χ1) is 14.8. The van der Waals surface area contributed by atoms with Crippen molar-refractivity contribution >= 4 is 40.3 Å². The van der Waals surface area contributed by atoms with Gasteiger partial charge in [0.05, 0.1) is 5.52 Å². The first kappa shape index (κ1) is 21.1. The maximum atomic E-state index is 13.0. The fraction of sp³-hybridized carbons (Fsp3) is 0.136. The topological polar surface area (TPSA) is 68.9 Å². The van der Waals surface area contributed by atoms with Crippen LogP contribution in [0.15, 0.2) is 59.5 Å². The molecule has 2 heterocycles. The second kappa shape index (κ2) is 8.53. The van der Waals surface area contributed by atoms with E-state index in [0.717, 1.165) is 16.7 Å². The van der Waals surface area contributed by atoms with Gasteiger partial charge in [0.2, 0.25) is 5.91 Å². The second-order valence-corrected chi connectivity index (χ2v) is 7.93. The lowest BCUT2D eigenvalue weighted by molar-refractivity contribution is -0.121. The number of halogens is 3. The van der Waals surface area contributed by atoms with Gasteiger partial charge in [0.1, 0.15) is 12.4 Å². The summed E-state index contributed by atoms with van der Waals surface area (Å²) < 4.78 is 15.7. The van der Waals surface area contributed by atoms with Crippen molar-refractivity contribution in [3.63, 3.8) is 0 Å². The molecule has 0 aliphatic carbocycles. The number of hydrogen-bond acceptors (Lipinski definition) is 3. The molecule has 0 atom stereocenters. The predicted molar refractivity (Wildman–Crippen MR) is 119 cm³/mol. The van der Waals surface area contributed by atoms with Crippen LogP contribution in [0.2, 0.25) is 10.0 Å². The molecule has 31 heavy (non-hydrogen) atoms. The van der Waals surface area contributed by atoms with Crippen molar-refractivity contribution in [2.24, 2.45) is 7.05 Å². The van der Waals surface area contributed by atoms with E-state index in [-0.39, 0.29) is 30.5 Å². The number of carbonyl (C=O) groups excluding carboxylic acids is 1. The summed E-state index contributed by atoms with van der Waals surface area (Å²) in [5.74, 6) is -0.700. The van der Waals surface area contributed by atoms with Crippen molar-refractivity contribution in [1.82, 2.24) is 19.4 Å². The first-order valence-electron chi connectivity index (χ1n) is 9.34. The van der Waals surface area contributed by atoms with Crippen LogP contribution in [0.1, 0.15) is 5.56 Å². The van der Waals surface area contributed by atoms with Crippen LogP contribution < -0.4 is 11.0 Å². The van der Waals surface area contributed by atoms with E-state index in [1.165, 1.54) is 21.3 Å².